The van der Waals surface area contributed by atoms with Gasteiger partial charge in [-0.2, -0.15) is 0 Å². The van der Waals surface area contributed by atoms with Gasteiger partial charge in [0, 0.05) is 23.7 Å². The Balaban J connectivity index is 1.87. The normalized spacial score (nSPS) is 13.2. The summed E-state index contributed by atoms with van der Waals surface area (Å²) < 4.78 is 16.0. The summed E-state index contributed by atoms with van der Waals surface area (Å²) in [4.78, 5) is 15.1. The Bertz CT molecular complexity index is 756. The molecule has 1 saturated carbocycles. The van der Waals surface area contributed by atoms with Gasteiger partial charge >= 0.3 is 0 Å². The second-order valence-electron chi connectivity index (χ2n) is 6.52. The van der Waals surface area contributed by atoms with E-state index in [0.717, 1.165) is 29.7 Å². The summed E-state index contributed by atoms with van der Waals surface area (Å²) >= 11 is 0. The third-order valence-electron chi connectivity index (χ3n) is 4.76. The van der Waals surface area contributed by atoms with E-state index in [4.69, 9.17) is 14.2 Å². The van der Waals surface area contributed by atoms with Crippen molar-refractivity contribution in [2.24, 2.45) is 0 Å². The maximum atomic E-state index is 13.2. The van der Waals surface area contributed by atoms with E-state index in [-0.39, 0.29) is 5.91 Å². The molecule has 0 N–H and O–H groups in total. The molecule has 0 unspecified atom stereocenters. The highest BCUT2D eigenvalue weighted by molar-refractivity contribution is 5.95. The summed E-state index contributed by atoms with van der Waals surface area (Å²) in [5, 5.41) is 0. The molecule has 0 aromatic heterocycles. The molecule has 0 aliphatic heterocycles. The van der Waals surface area contributed by atoms with Crippen molar-refractivity contribution in [2.75, 3.05) is 21.3 Å². The maximum Gasteiger partial charge on any atom is 0.254 e. The van der Waals surface area contributed by atoms with E-state index >= 15 is 0 Å². The largest absolute Gasteiger partial charge is 0.497 e. The quantitative estimate of drug-likeness (QED) is 0.757. The minimum atomic E-state index is -0.0000759. The molecule has 1 aliphatic carbocycles. The fraction of sp³-hybridized carbons (Fsp3) is 0.381. The Labute approximate surface area is 154 Å². The molecule has 0 heterocycles. The molecule has 2 aromatic carbocycles. The Morgan fingerprint density at radius 1 is 1.00 bits per heavy atom. The molecular weight excluding hydrogens is 330 g/mol. The van der Waals surface area contributed by atoms with E-state index in [0.29, 0.717) is 29.6 Å². The fourth-order valence-electron chi connectivity index (χ4n) is 3.06. The molecule has 26 heavy (non-hydrogen) atoms. The van der Waals surface area contributed by atoms with E-state index in [2.05, 4.69) is 0 Å². The van der Waals surface area contributed by atoms with Gasteiger partial charge in [-0.25, -0.2) is 0 Å². The highest BCUT2D eigenvalue weighted by Gasteiger charge is 2.33. The zero-order valence-corrected chi connectivity index (χ0v) is 15.7. The van der Waals surface area contributed by atoms with Crippen LogP contribution in [0.25, 0.3) is 0 Å². The third kappa shape index (κ3) is 3.77. The van der Waals surface area contributed by atoms with Crippen LogP contribution in [0.3, 0.4) is 0 Å². The molecule has 1 aliphatic rings. The fourth-order valence-corrected chi connectivity index (χ4v) is 3.06. The molecule has 2 aromatic rings. The minimum Gasteiger partial charge on any atom is -0.497 e. The lowest BCUT2D eigenvalue weighted by molar-refractivity contribution is 0.0729. The van der Waals surface area contributed by atoms with Crippen LogP contribution in [0.2, 0.25) is 0 Å². The van der Waals surface area contributed by atoms with Gasteiger partial charge in [0.2, 0.25) is 0 Å². The van der Waals surface area contributed by atoms with Gasteiger partial charge in [-0.05, 0) is 49.6 Å². The van der Waals surface area contributed by atoms with Crippen LogP contribution in [-0.4, -0.2) is 38.2 Å². The average molecular weight is 355 g/mol. The van der Waals surface area contributed by atoms with E-state index in [1.807, 2.05) is 36.1 Å². The molecule has 0 bridgehead atoms. The number of methoxy groups -OCH3 is 3. The highest BCUT2D eigenvalue weighted by atomic mass is 16.5. The van der Waals surface area contributed by atoms with Gasteiger partial charge in [0.1, 0.15) is 17.2 Å². The second kappa shape index (κ2) is 7.68. The van der Waals surface area contributed by atoms with Crippen molar-refractivity contribution in [1.82, 2.24) is 4.90 Å². The molecule has 3 rings (SSSR count). The molecule has 5 heteroatoms. The smallest absolute Gasteiger partial charge is 0.254 e. The SMILES string of the molecule is COc1ccc(CN(C(=O)c2cc(OC)c(C)c(OC)c2)C2CC2)cc1. The Morgan fingerprint density at radius 3 is 2.04 bits per heavy atom. The van der Waals surface area contributed by atoms with Gasteiger partial charge in [-0.3, -0.25) is 4.79 Å². The van der Waals surface area contributed by atoms with Crippen LogP contribution < -0.4 is 14.2 Å². The molecular formula is C21H25NO4. The van der Waals surface area contributed by atoms with E-state index in [1.54, 1.807) is 33.5 Å². The van der Waals surface area contributed by atoms with E-state index < -0.39 is 0 Å². The summed E-state index contributed by atoms with van der Waals surface area (Å²) in [6, 6.07) is 11.7. The van der Waals surface area contributed by atoms with Gasteiger partial charge in [0.25, 0.3) is 5.91 Å². The zero-order chi connectivity index (χ0) is 18.7. The zero-order valence-electron chi connectivity index (χ0n) is 15.7. The van der Waals surface area contributed by atoms with Crippen molar-refractivity contribution in [3.05, 3.63) is 53.1 Å². The minimum absolute atomic E-state index is 0.0000759. The van der Waals surface area contributed by atoms with Gasteiger partial charge in [-0.1, -0.05) is 12.1 Å². The van der Waals surface area contributed by atoms with Crippen molar-refractivity contribution in [1.29, 1.82) is 0 Å². The van der Waals surface area contributed by atoms with Crippen LogP contribution in [0.4, 0.5) is 0 Å². The summed E-state index contributed by atoms with van der Waals surface area (Å²) in [6.45, 7) is 2.49. The van der Waals surface area contributed by atoms with Crippen LogP contribution in [-0.2, 0) is 6.54 Å². The van der Waals surface area contributed by atoms with Gasteiger partial charge in [-0.15, -0.1) is 0 Å². The molecule has 5 nitrogen and oxygen atoms in total. The molecule has 0 atom stereocenters. The van der Waals surface area contributed by atoms with Crippen LogP contribution in [0.5, 0.6) is 17.2 Å². The number of rotatable bonds is 7. The lowest BCUT2D eigenvalue weighted by atomic mass is 10.1. The summed E-state index contributed by atoms with van der Waals surface area (Å²) in [7, 11) is 4.85. The Hall–Kier alpha value is -2.69. The topological polar surface area (TPSA) is 48.0 Å². The van der Waals surface area contributed by atoms with Crippen molar-refractivity contribution in [3.8, 4) is 17.2 Å². The van der Waals surface area contributed by atoms with Crippen molar-refractivity contribution >= 4 is 5.91 Å². The first-order valence-electron chi connectivity index (χ1n) is 8.74. The second-order valence-corrected chi connectivity index (χ2v) is 6.52. The van der Waals surface area contributed by atoms with E-state index in [1.165, 1.54) is 0 Å². The van der Waals surface area contributed by atoms with E-state index in [9.17, 15) is 4.79 Å². The van der Waals surface area contributed by atoms with Crippen molar-refractivity contribution in [3.63, 3.8) is 0 Å². The predicted molar refractivity (Wildman–Crippen MR) is 100 cm³/mol. The Kier molecular flexibility index (Phi) is 5.35. The number of hydrogen-bond acceptors (Lipinski definition) is 4. The summed E-state index contributed by atoms with van der Waals surface area (Å²) in [5.74, 6) is 2.13. The number of benzene rings is 2. The third-order valence-corrected chi connectivity index (χ3v) is 4.76. The first-order valence-corrected chi connectivity index (χ1v) is 8.74. The molecule has 138 valence electrons. The summed E-state index contributed by atoms with van der Waals surface area (Å²) in [5.41, 5.74) is 2.56. The average Bonchev–Trinajstić information content (AvgIpc) is 3.51. The lowest BCUT2D eigenvalue weighted by Gasteiger charge is -2.24. The molecule has 1 amide bonds. The molecule has 0 spiro atoms. The van der Waals surface area contributed by atoms with Gasteiger partial charge in [0.05, 0.1) is 21.3 Å². The molecule has 0 saturated heterocycles. The maximum absolute atomic E-state index is 13.2. The van der Waals surface area contributed by atoms with Crippen LogP contribution in [0.1, 0.15) is 34.3 Å². The monoisotopic (exact) mass is 355 g/mol. The van der Waals surface area contributed by atoms with Gasteiger partial charge < -0.3 is 19.1 Å². The first kappa shape index (κ1) is 18.1. The van der Waals surface area contributed by atoms with Crippen molar-refractivity contribution in [2.45, 2.75) is 32.4 Å². The first-order chi connectivity index (χ1) is 12.6. The molecule has 0 radical (unpaired) electrons. The highest BCUT2D eigenvalue weighted by Crippen LogP contribution is 2.34. The van der Waals surface area contributed by atoms with Crippen LogP contribution in [0.15, 0.2) is 36.4 Å². The van der Waals surface area contributed by atoms with Crippen LogP contribution in [0, 0.1) is 6.92 Å². The van der Waals surface area contributed by atoms with Gasteiger partial charge in [0.15, 0.2) is 0 Å². The summed E-state index contributed by atoms with van der Waals surface area (Å²) in [6.07, 6.45) is 2.09. The molecule has 1 fully saturated rings. The van der Waals surface area contributed by atoms with Crippen LogP contribution >= 0.6 is 0 Å². The standard InChI is InChI=1S/C21H25NO4/c1-14-19(25-3)11-16(12-20(14)26-4)21(23)22(17-7-8-17)13-15-5-9-18(24-2)10-6-15/h5-6,9-12,17H,7-8,13H2,1-4H3. The number of carbonyl (C=O) groups is 1. The number of nitrogens with zero attached hydrogens (tertiary/aromatic N) is 1. The number of ether oxygens (including phenoxy) is 3. The number of carbonyl (C=O) groups excluding carboxylic acids is 1. The number of hydrogen-bond donors (Lipinski definition) is 0. The van der Waals surface area contributed by atoms with Crippen molar-refractivity contribution < 1.29 is 19.0 Å². The predicted octanol–water partition coefficient (Wildman–Crippen LogP) is 3.83. The lowest BCUT2D eigenvalue weighted by Crippen LogP contribution is -2.32. The Morgan fingerprint density at radius 2 is 1.58 bits per heavy atom. The number of amides is 1.